The van der Waals surface area contributed by atoms with Gasteiger partial charge >= 0.3 is 17.9 Å². The summed E-state index contributed by atoms with van der Waals surface area (Å²) in [5, 5.41) is 3.71. The summed E-state index contributed by atoms with van der Waals surface area (Å²) in [7, 11) is 0. The van der Waals surface area contributed by atoms with Gasteiger partial charge in [-0.15, -0.1) is 0 Å². The number of ether oxygens (including phenoxy) is 4. The van der Waals surface area contributed by atoms with E-state index < -0.39 is 47.7 Å². The predicted octanol–water partition coefficient (Wildman–Crippen LogP) is 2.77. The minimum absolute atomic E-state index is 0.259. The molecule has 5 atom stereocenters. The normalized spacial score (nSPS) is 25.5. The van der Waals surface area contributed by atoms with Crippen LogP contribution in [0, 0.1) is 0 Å². The zero-order valence-electron chi connectivity index (χ0n) is 16.3. The molecule has 0 spiro atoms. The molecule has 1 aromatic rings. The molecule has 0 aliphatic carbocycles. The smallest absolute Gasteiger partial charge is 0.303 e. The number of rotatable bonds is 7. The van der Waals surface area contributed by atoms with Crippen molar-refractivity contribution in [3.63, 3.8) is 0 Å². The molecule has 4 unspecified atom stereocenters. The Morgan fingerprint density at radius 3 is 2.43 bits per heavy atom. The van der Waals surface area contributed by atoms with Gasteiger partial charge in [0, 0.05) is 47.4 Å². The van der Waals surface area contributed by atoms with Crippen LogP contribution in [0.2, 0.25) is 0 Å². The number of aromatic nitrogens is 1. The molecule has 1 saturated heterocycles. The van der Waals surface area contributed by atoms with Gasteiger partial charge in [-0.2, -0.15) is 0 Å². The number of thioether (sulfide) groups is 1. The standard InChI is InChI=1S/C17H19BrN4O7S/c1-8(23)26-7-13-15(27-9(2)24)14(21-22-19)16(28-10(3)25)17(29-13)30-12-4-11(18)5-20-6-12/h4-6,13-17H,7H2,1-3H3/t13?,14?,15-,16?,17?/m0/s1. The highest BCUT2D eigenvalue weighted by molar-refractivity contribution is 9.10. The Labute approximate surface area is 184 Å². The molecular formula is C17H19BrN4O7S. The predicted molar refractivity (Wildman–Crippen MR) is 107 cm³/mol. The summed E-state index contributed by atoms with van der Waals surface area (Å²) in [6.45, 7) is 3.33. The van der Waals surface area contributed by atoms with Crippen LogP contribution in [0.15, 0.2) is 32.9 Å². The average molecular weight is 503 g/mol. The van der Waals surface area contributed by atoms with Gasteiger partial charge in [-0.25, -0.2) is 0 Å². The molecule has 1 fully saturated rings. The Balaban J connectivity index is 2.43. The maximum absolute atomic E-state index is 11.7. The largest absolute Gasteiger partial charge is 0.463 e. The van der Waals surface area contributed by atoms with Gasteiger partial charge in [0.05, 0.1) is 0 Å². The molecule has 0 N–H and O–H groups in total. The van der Waals surface area contributed by atoms with Gasteiger partial charge in [0.1, 0.15) is 36.4 Å². The quantitative estimate of drug-likeness (QED) is 0.180. The van der Waals surface area contributed by atoms with Crippen molar-refractivity contribution in [2.24, 2.45) is 5.11 Å². The number of nitrogens with zero attached hydrogens (tertiary/aromatic N) is 4. The van der Waals surface area contributed by atoms with Crippen LogP contribution in [0.4, 0.5) is 0 Å². The highest BCUT2D eigenvalue weighted by Gasteiger charge is 2.50. The first kappa shape index (κ1) is 23.9. The molecule has 1 aromatic heterocycles. The van der Waals surface area contributed by atoms with Gasteiger partial charge in [-0.05, 0) is 27.5 Å². The number of hydrogen-bond acceptors (Lipinski definition) is 10. The third kappa shape index (κ3) is 6.87. The summed E-state index contributed by atoms with van der Waals surface area (Å²) in [5.74, 6) is -1.87. The molecule has 1 aliphatic heterocycles. The SMILES string of the molecule is CC(=O)OCC1OC(Sc2cncc(Br)c2)C(OC(C)=O)C(N=[N+]=[N-])[C@H]1OC(C)=O. The molecule has 1 aliphatic rings. The Morgan fingerprint density at radius 2 is 1.87 bits per heavy atom. The van der Waals surface area contributed by atoms with Crippen LogP contribution in [0.5, 0.6) is 0 Å². The minimum Gasteiger partial charge on any atom is -0.463 e. The van der Waals surface area contributed by atoms with E-state index in [2.05, 4.69) is 30.9 Å². The number of carbonyl (C=O) groups is 3. The molecule has 11 nitrogen and oxygen atoms in total. The average Bonchev–Trinajstić information content (AvgIpc) is 2.64. The summed E-state index contributed by atoms with van der Waals surface area (Å²) in [6, 6.07) is 0.655. The Kier molecular flexibility index (Phi) is 8.90. The Hall–Kier alpha value is -2.34. The van der Waals surface area contributed by atoms with Crippen LogP contribution >= 0.6 is 27.7 Å². The second kappa shape index (κ2) is 11.2. The summed E-state index contributed by atoms with van der Waals surface area (Å²) in [4.78, 5) is 42.2. The zero-order valence-corrected chi connectivity index (χ0v) is 18.7. The van der Waals surface area contributed by atoms with E-state index in [0.29, 0.717) is 9.37 Å². The maximum Gasteiger partial charge on any atom is 0.303 e. The third-order valence-corrected chi connectivity index (χ3v) is 5.33. The van der Waals surface area contributed by atoms with Gasteiger partial charge in [0.25, 0.3) is 0 Å². The number of halogens is 1. The number of azide groups is 1. The van der Waals surface area contributed by atoms with Crippen molar-refractivity contribution in [3.05, 3.63) is 33.4 Å². The van der Waals surface area contributed by atoms with Gasteiger partial charge in [-0.1, -0.05) is 16.9 Å². The van der Waals surface area contributed by atoms with E-state index in [1.165, 1.54) is 20.8 Å². The number of carbonyl (C=O) groups excluding carboxylic acids is 3. The van der Waals surface area contributed by atoms with Crippen molar-refractivity contribution >= 4 is 45.6 Å². The summed E-state index contributed by atoms with van der Waals surface area (Å²) >= 11 is 4.49. The van der Waals surface area contributed by atoms with E-state index in [9.17, 15) is 14.4 Å². The molecule has 0 aromatic carbocycles. The molecule has 2 heterocycles. The van der Waals surface area contributed by atoms with E-state index in [1.54, 1.807) is 18.5 Å². The first-order chi connectivity index (χ1) is 14.2. The van der Waals surface area contributed by atoms with Crippen LogP contribution in [-0.2, 0) is 33.3 Å². The summed E-state index contributed by atoms with van der Waals surface area (Å²) < 4.78 is 22.4. The second-order valence-corrected chi connectivity index (χ2v) is 8.23. The molecule has 2 rings (SSSR count). The second-order valence-electron chi connectivity index (χ2n) is 6.15. The Bertz CT molecular complexity index is 851. The van der Waals surface area contributed by atoms with Crippen molar-refractivity contribution < 1.29 is 33.3 Å². The lowest BCUT2D eigenvalue weighted by atomic mass is 9.97. The Morgan fingerprint density at radius 1 is 1.20 bits per heavy atom. The van der Waals surface area contributed by atoms with Crippen LogP contribution in [0.25, 0.3) is 10.4 Å². The molecule has 0 radical (unpaired) electrons. The molecule has 30 heavy (non-hydrogen) atoms. The van der Waals surface area contributed by atoms with Gasteiger partial charge < -0.3 is 18.9 Å². The van der Waals surface area contributed by atoms with Crippen molar-refractivity contribution in [1.29, 1.82) is 0 Å². The molecule has 0 saturated carbocycles. The van der Waals surface area contributed by atoms with E-state index in [0.717, 1.165) is 11.8 Å². The molecule has 162 valence electrons. The van der Waals surface area contributed by atoms with Crippen molar-refractivity contribution in [3.8, 4) is 0 Å². The van der Waals surface area contributed by atoms with Gasteiger partial charge in [0.15, 0.2) is 0 Å². The molecule has 13 heteroatoms. The van der Waals surface area contributed by atoms with Crippen LogP contribution in [-0.4, -0.2) is 59.3 Å². The monoisotopic (exact) mass is 502 g/mol. The van der Waals surface area contributed by atoms with E-state index in [-0.39, 0.29) is 6.61 Å². The first-order valence-corrected chi connectivity index (χ1v) is 10.3. The number of pyridine rings is 1. The fraction of sp³-hybridized carbons (Fsp3) is 0.529. The van der Waals surface area contributed by atoms with Crippen LogP contribution in [0.3, 0.4) is 0 Å². The van der Waals surface area contributed by atoms with E-state index in [1.807, 2.05) is 0 Å². The molecule has 0 bridgehead atoms. The van der Waals surface area contributed by atoms with Crippen molar-refractivity contribution in [2.45, 2.75) is 55.5 Å². The van der Waals surface area contributed by atoms with Crippen LogP contribution < -0.4 is 0 Å². The number of esters is 3. The summed E-state index contributed by atoms with van der Waals surface area (Å²) in [5.41, 5.74) is 8.20. The highest BCUT2D eigenvalue weighted by Crippen LogP contribution is 2.37. The highest BCUT2D eigenvalue weighted by atomic mass is 79.9. The van der Waals surface area contributed by atoms with Gasteiger partial charge in [0.2, 0.25) is 0 Å². The van der Waals surface area contributed by atoms with E-state index >= 15 is 0 Å². The van der Waals surface area contributed by atoms with E-state index in [4.69, 9.17) is 24.5 Å². The third-order valence-electron chi connectivity index (χ3n) is 3.79. The zero-order chi connectivity index (χ0) is 22.3. The molecular weight excluding hydrogens is 484 g/mol. The fourth-order valence-corrected chi connectivity index (χ4v) is 4.41. The maximum atomic E-state index is 11.7. The fourth-order valence-electron chi connectivity index (χ4n) is 2.76. The summed E-state index contributed by atoms with van der Waals surface area (Å²) in [6.07, 6.45) is -0.0124. The number of hydrogen-bond donors (Lipinski definition) is 0. The first-order valence-electron chi connectivity index (χ1n) is 8.66. The van der Waals surface area contributed by atoms with Gasteiger partial charge in [-0.3, -0.25) is 19.4 Å². The minimum atomic E-state index is -1.14. The van der Waals surface area contributed by atoms with Crippen molar-refractivity contribution in [1.82, 2.24) is 4.98 Å². The lowest BCUT2D eigenvalue weighted by Crippen LogP contribution is -2.59. The van der Waals surface area contributed by atoms with Crippen LogP contribution in [0.1, 0.15) is 20.8 Å². The van der Waals surface area contributed by atoms with Crippen molar-refractivity contribution in [2.75, 3.05) is 6.61 Å². The molecule has 0 amide bonds. The topological polar surface area (TPSA) is 150 Å². The lowest BCUT2D eigenvalue weighted by Gasteiger charge is -2.43. The lowest BCUT2D eigenvalue weighted by molar-refractivity contribution is -0.201.